The molecule has 0 aliphatic carbocycles. The highest BCUT2D eigenvalue weighted by atomic mass is 16.5. The van der Waals surface area contributed by atoms with Crippen molar-refractivity contribution in [3.8, 4) is 11.3 Å². The first-order valence-corrected chi connectivity index (χ1v) is 9.67. The van der Waals surface area contributed by atoms with Gasteiger partial charge in [-0.1, -0.05) is 18.2 Å². The van der Waals surface area contributed by atoms with Crippen LogP contribution in [0, 0.1) is 6.92 Å². The zero-order valence-electron chi connectivity index (χ0n) is 15.9. The summed E-state index contributed by atoms with van der Waals surface area (Å²) in [7, 11) is 0. The molecule has 1 aromatic carbocycles. The van der Waals surface area contributed by atoms with E-state index in [-0.39, 0.29) is 0 Å². The van der Waals surface area contributed by atoms with Gasteiger partial charge in [0, 0.05) is 48.0 Å². The third-order valence-corrected chi connectivity index (χ3v) is 5.22. The van der Waals surface area contributed by atoms with Gasteiger partial charge >= 0.3 is 0 Å². The van der Waals surface area contributed by atoms with Crippen molar-refractivity contribution >= 4 is 28.1 Å². The van der Waals surface area contributed by atoms with Crippen molar-refractivity contribution in [3.63, 3.8) is 0 Å². The van der Waals surface area contributed by atoms with Crippen LogP contribution in [0.2, 0.25) is 0 Å². The molecule has 0 amide bonds. The Hall–Kier alpha value is -2.96. The van der Waals surface area contributed by atoms with Crippen molar-refractivity contribution in [1.29, 1.82) is 0 Å². The average Bonchev–Trinajstić information content (AvgIpc) is 3.30. The Bertz CT molecular complexity index is 1150. The van der Waals surface area contributed by atoms with E-state index in [2.05, 4.69) is 61.3 Å². The van der Waals surface area contributed by atoms with Gasteiger partial charge in [0.05, 0.1) is 18.7 Å². The highest BCUT2D eigenvalue weighted by Gasteiger charge is 2.11. The van der Waals surface area contributed by atoms with Crippen LogP contribution >= 0.6 is 0 Å². The molecule has 0 atom stereocenters. The first-order valence-electron chi connectivity index (χ1n) is 9.67. The quantitative estimate of drug-likeness (QED) is 0.571. The molecule has 1 fully saturated rings. The first-order chi connectivity index (χ1) is 13.8. The van der Waals surface area contributed by atoms with Crippen LogP contribution in [0.1, 0.15) is 11.4 Å². The van der Waals surface area contributed by atoms with Gasteiger partial charge in [0.15, 0.2) is 5.65 Å². The summed E-state index contributed by atoms with van der Waals surface area (Å²) in [5.74, 6) is 0.874. The molecule has 28 heavy (non-hydrogen) atoms. The molecule has 0 spiro atoms. The Kier molecular flexibility index (Phi) is 4.43. The second-order valence-electron chi connectivity index (χ2n) is 7.22. The maximum absolute atomic E-state index is 5.40. The molecule has 3 aromatic heterocycles. The van der Waals surface area contributed by atoms with Gasteiger partial charge in [0.25, 0.3) is 0 Å². The third kappa shape index (κ3) is 3.32. The number of aromatic nitrogens is 4. The van der Waals surface area contributed by atoms with Gasteiger partial charge in [-0.2, -0.15) is 0 Å². The van der Waals surface area contributed by atoms with E-state index in [9.17, 15) is 0 Å². The molecule has 1 saturated heterocycles. The SMILES string of the molecule is Cc1nc2nccc(-c3cc4cc(/C=C/CN5CCOCC5)ccc4[nH]3)c2[nH]1. The molecule has 4 aromatic rings. The molecule has 6 heteroatoms. The molecule has 5 rings (SSSR count). The topological polar surface area (TPSA) is 69.8 Å². The van der Waals surface area contributed by atoms with E-state index < -0.39 is 0 Å². The van der Waals surface area contributed by atoms with Gasteiger partial charge in [0.2, 0.25) is 0 Å². The monoisotopic (exact) mass is 373 g/mol. The Balaban J connectivity index is 1.42. The van der Waals surface area contributed by atoms with E-state index in [1.54, 1.807) is 0 Å². The van der Waals surface area contributed by atoms with Gasteiger partial charge in [-0.05, 0) is 36.8 Å². The molecule has 142 valence electrons. The lowest BCUT2D eigenvalue weighted by Crippen LogP contribution is -2.36. The van der Waals surface area contributed by atoms with Gasteiger partial charge in [-0.3, -0.25) is 4.90 Å². The van der Waals surface area contributed by atoms with Crippen LogP contribution < -0.4 is 0 Å². The number of morpholine rings is 1. The molecule has 2 N–H and O–H groups in total. The fraction of sp³-hybridized carbons (Fsp3) is 0.273. The number of ether oxygens (including phenoxy) is 1. The number of hydrogen-bond acceptors (Lipinski definition) is 4. The Labute approximate surface area is 163 Å². The second-order valence-corrected chi connectivity index (χ2v) is 7.22. The van der Waals surface area contributed by atoms with Gasteiger partial charge in [-0.15, -0.1) is 0 Å². The lowest BCUT2D eigenvalue weighted by atomic mass is 10.1. The number of imidazole rings is 1. The highest BCUT2D eigenvalue weighted by molar-refractivity contribution is 5.94. The maximum atomic E-state index is 5.40. The maximum Gasteiger partial charge on any atom is 0.178 e. The normalized spacial score (nSPS) is 15.9. The number of pyridine rings is 1. The Morgan fingerprint density at radius 1 is 1.14 bits per heavy atom. The summed E-state index contributed by atoms with van der Waals surface area (Å²) >= 11 is 0. The zero-order valence-corrected chi connectivity index (χ0v) is 15.9. The van der Waals surface area contributed by atoms with Crippen LogP contribution in [-0.2, 0) is 4.74 Å². The van der Waals surface area contributed by atoms with Crippen molar-refractivity contribution < 1.29 is 4.74 Å². The Morgan fingerprint density at radius 3 is 2.93 bits per heavy atom. The van der Waals surface area contributed by atoms with Crippen molar-refractivity contribution in [1.82, 2.24) is 24.8 Å². The van der Waals surface area contributed by atoms with Crippen LogP contribution in [0.15, 0.2) is 42.6 Å². The second kappa shape index (κ2) is 7.22. The molecular weight excluding hydrogens is 350 g/mol. The summed E-state index contributed by atoms with van der Waals surface area (Å²) in [5, 5.41) is 1.20. The minimum atomic E-state index is 0.750. The molecule has 4 heterocycles. The summed E-state index contributed by atoms with van der Waals surface area (Å²) in [4.78, 5) is 18.0. The van der Waals surface area contributed by atoms with Gasteiger partial charge < -0.3 is 14.7 Å². The van der Waals surface area contributed by atoms with E-state index >= 15 is 0 Å². The number of nitrogens with one attached hydrogen (secondary N) is 2. The predicted molar refractivity (Wildman–Crippen MR) is 112 cm³/mol. The highest BCUT2D eigenvalue weighted by Crippen LogP contribution is 2.29. The number of aromatic amines is 2. The molecule has 6 nitrogen and oxygen atoms in total. The zero-order chi connectivity index (χ0) is 18.9. The summed E-state index contributed by atoms with van der Waals surface area (Å²) < 4.78 is 5.40. The Morgan fingerprint density at radius 2 is 2.04 bits per heavy atom. The van der Waals surface area contributed by atoms with Crippen LogP contribution in [0.5, 0.6) is 0 Å². The van der Waals surface area contributed by atoms with E-state index in [1.807, 2.05) is 19.2 Å². The number of rotatable bonds is 4. The molecule has 0 saturated carbocycles. The lowest BCUT2D eigenvalue weighted by molar-refractivity contribution is 0.0435. The molecule has 1 aliphatic heterocycles. The summed E-state index contributed by atoms with van der Waals surface area (Å²) in [6.07, 6.45) is 6.24. The first kappa shape index (κ1) is 17.2. The summed E-state index contributed by atoms with van der Waals surface area (Å²) in [6, 6.07) is 10.7. The minimum Gasteiger partial charge on any atom is -0.379 e. The largest absolute Gasteiger partial charge is 0.379 e. The van der Waals surface area contributed by atoms with Crippen LogP contribution in [0.25, 0.3) is 39.4 Å². The van der Waals surface area contributed by atoms with Crippen LogP contribution in [0.3, 0.4) is 0 Å². The smallest absolute Gasteiger partial charge is 0.178 e. The number of hydrogen-bond donors (Lipinski definition) is 2. The molecule has 1 aliphatic rings. The van der Waals surface area contributed by atoms with Crippen molar-refractivity contribution in [2.45, 2.75) is 6.92 Å². The van der Waals surface area contributed by atoms with Crippen molar-refractivity contribution in [2.75, 3.05) is 32.8 Å². The van der Waals surface area contributed by atoms with Crippen LogP contribution in [-0.4, -0.2) is 57.7 Å². The predicted octanol–water partition coefficient (Wildman–Crippen LogP) is 3.76. The van der Waals surface area contributed by atoms with Crippen LogP contribution in [0.4, 0.5) is 0 Å². The molecule has 0 unspecified atom stereocenters. The standard InChI is InChI=1S/C22H23N5O/c1-15-24-21-18(6-7-23-22(21)25-15)20-14-17-13-16(4-5-19(17)26-20)3-2-8-27-9-11-28-12-10-27/h2-7,13-14,26H,8-12H2,1H3,(H,23,24,25)/b3-2+. The van der Waals surface area contributed by atoms with E-state index in [0.717, 1.165) is 66.6 Å². The molecular formula is C22H23N5O. The van der Waals surface area contributed by atoms with Gasteiger partial charge in [0.1, 0.15) is 5.82 Å². The number of H-pyrrole nitrogens is 2. The number of fused-ring (bicyclic) bond motifs is 2. The number of aryl methyl sites for hydroxylation is 1. The van der Waals surface area contributed by atoms with Gasteiger partial charge in [-0.25, -0.2) is 9.97 Å². The van der Waals surface area contributed by atoms with E-state index in [0.29, 0.717) is 0 Å². The number of benzene rings is 1. The fourth-order valence-electron chi connectivity index (χ4n) is 3.77. The fourth-order valence-corrected chi connectivity index (χ4v) is 3.77. The summed E-state index contributed by atoms with van der Waals surface area (Å²) in [5.41, 5.74) is 6.22. The van der Waals surface area contributed by atoms with Crippen molar-refractivity contribution in [2.24, 2.45) is 0 Å². The minimum absolute atomic E-state index is 0.750. The lowest BCUT2D eigenvalue weighted by Gasteiger charge is -2.25. The van der Waals surface area contributed by atoms with E-state index in [4.69, 9.17) is 4.74 Å². The number of nitrogens with zero attached hydrogens (tertiary/aromatic N) is 3. The average molecular weight is 373 g/mol. The molecule has 0 bridgehead atoms. The summed E-state index contributed by atoms with van der Waals surface area (Å²) in [6.45, 7) is 6.62. The third-order valence-electron chi connectivity index (χ3n) is 5.22. The molecule has 0 radical (unpaired) electrons. The van der Waals surface area contributed by atoms with E-state index in [1.165, 1.54) is 10.9 Å². The van der Waals surface area contributed by atoms with Crippen molar-refractivity contribution in [3.05, 3.63) is 54.0 Å².